The second-order valence-corrected chi connectivity index (χ2v) is 4.73. The van der Waals surface area contributed by atoms with E-state index in [2.05, 4.69) is 10.3 Å². The van der Waals surface area contributed by atoms with Crippen LogP contribution in [-0.2, 0) is 4.74 Å². The van der Waals surface area contributed by atoms with Gasteiger partial charge in [0.15, 0.2) is 0 Å². The lowest BCUT2D eigenvalue weighted by Crippen LogP contribution is -2.10. The quantitative estimate of drug-likeness (QED) is 0.683. The summed E-state index contributed by atoms with van der Waals surface area (Å²) < 4.78 is 4.97. The van der Waals surface area contributed by atoms with Gasteiger partial charge in [-0.15, -0.1) is 0 Å². The van der Waals surface area contributed by atoms with E-state index in [-0.39, 0.29) is 28.7 Å². The molecule has 0 fully saturated rings. The van der Waals surface area contributed by atoms with Crippen molar-refractivity contribution in [3.8, 4) is 12.1 Å². The first kappa shape index (κ1) is 16.3. The molecule has 1 aromatic carbocycles. The predicted octanol–water partition coefficient (Wildman–Crippen LogP) is 3.40. The third-order valence-electron chi connectivity index (χ3n) is 2.85. The summed E-state index contributed by atoms with van der Waals surface area (Å²) in [5.74, 6) is -0.463. The Hall–Kier alpha value is -3.09. The third kappa shape index (κ3) is 3.76. The number of nitriles is 2. The highest BCUT2D eigenvalue weighted by atomic mass is 35.5. The van der Waals surface area contributed by atoms with E-state index in [0.717, 1.165) is 0 Å². The number of nitrogens with zero attached hydrogens (tertiary/aromatic N) is 3. The fourth-order valence-electron chi connectivity index (χ4n) is 1.83. The molecule has 0 saturated heterocycles. The molecule has 0 bridgehead atoms. The van der Waals surface area contributed by atoms with Gasteiger partial charge in [0.1, 0.15) is 22.6 Å². The van der Waals surface area contributed by atoms with Gasteiger partial charge in [-0.1, -0.05) is 17.7 Å². The van der Waals surface area contributed by atoms with Crippen molar-refractivity contribution in [2.24, 2.45) is 0 Å². The van der Waals surface area contributed by atoms with Gasteiger partial charge < -0.3 is 10.1 Å². The summed E-state index contributed by atoms with van der Waals surface area (Å²) in [6, 6.07) is 11.9. The zero-order valence-electron chi connectivity index (χ0n) is 12.1. The highest BCUT2D eigenvalue weighted by Gasteiger charge is 2.18. The van der Waals surface area contributed by atoms with E-state index in [1.807, 2.05) is 12.1 Å². The number of anilines is 2. The molecule has 1 aromatic heterocycles. The first-order chi connectivity index (χ1) is 11.1. The highest BCUT2D eigenvalue weighted by Crippen LogP contribution is 2.25. The van der Waals surface area contributed by atoms with E-state index in [0.29, 0.717) is 11.3 Å². The molecule has 6 nitrogen and oxygen atoms in total. The largest absolute Gasteiger partial charge is 0.462 e. The molecule has 23 heavy (non-hydrogen) atoms. The van der Waals surface area contributed by atoms with Crippen LogP contribution in [-0.4, -0.2) is 17.6 Å². The molecule has 114 valence electrons. The molecule has 2 rings (SSSR count). The molecule has 2 aromatic rings. The molecule has 0 aliphatic heterocycles. The Morgan fingerprint density at radius 1 is 1.35 bits per heavy atom. The van der Waals surface area contributed by atoms with Crippen LogP contribution in [0.15, 0.2) is 30.3 Å². The van der Waals surface area contributed by atoms with Crippen molar-refractivity contribution in [3.63, 3.8) is 0 Å². The fourth-order valence-corrected chi connectivity index (χ4v) is 2.01. The summed E-state index contributed by atoms with van der Waals surface area (Å²) in [7, 11) is 0. The summed E-state index contributed by atoms with van der Waals surface area (Å²) in [4.78, 5) is 16.1. The van der Waals surface area contributed by atoms with Crippen LogP contribution in [0.2, 0.25) is 5.15 Å². The first-order valence-corrected chi connectivity index (χ1v) is 7.01. The second-order valence-electron chi connectivity index (χ2n) is 4.37. The number of hydrogen-bond donors (Lipinski definition) is 1. The van der Waals surface area contributed by atoms with Crippen LogP contribution in [0, 0.1) is 22.7 Å². The van der Waals surface area contributed by atoms with Gasteiger partial charge in [0.05, 0.1) is 23.8 Å². The number of aromatic nitrogens is 1. The summed E-state index contributed by atoms with van der Waals surface area (Å²) in [6.45, 7) is 1.86. The lowest BCUT2D eigenvalue weighted by molar-refractivity contribution is 0.0527. The number of hydrogen-bond acceptors (Lipinski definition) is 6. The lowest BCUT2D eigenvalue weighted by atomic mass is 10.1. The van der Waals surface area contributed by atoms with Gasteiger partial charge >= 0.3 is 5.97 Å². The molecule has 0 amide bonds. The third-order valence-corrected chi connectivity index (χ3v) is 3.13. The number of benzene rings is 1. The molecule has 7 heteroatoms. The van der Waals surface area contributed by atoms with Crippen LogP contribution in [0.5, 0.6) is 0 Å². The number of esters is 1. The minimum Gasteiger partial charge on any atom is -0.462 e. The Balaban J connectivity index is 2.47. The van der Waals surface area contributed by atoms with E-state index >= 15 is 0 Å². The normalized spacial score (nSPS) is 9.57. The fraction of sp³-hybridized carbons (Fsp3) is 0.125. The van der Waals surface area contributed by atoms with E-state index in [1.165, 1.54) is 6.07 Å². The molecule has 1 N–H and O–H groups in total. The van der Waals surface area contributed by atoms with E-state index in [9.17, 15) is 4.79 Å². The maximum atomic E-state index is 12.1. The number of pyridine rings is 1. The standard InChI is InChI=1S/C16H11ClN4O2/c1-2-23-16(22)13-7-11(9-19)14(17)21-15(13)20-12-5-3-4-10(6-12)8-18/h3-7H,2H2,1H3,(H,20,21). The number of carbonyl (C=O) groups excluding carboxylic acids is 1. The summed E-state index contributed by atoms with van der Waals surface area (Å²) >= 11 is 5.93. The van der Waals surface area contributed by atoms with Crippen molar-refractivity contribution in [2.45, 2.75) is 6.92 Å². The molecule has 1 heterocycles. The van der Waals surface area contributed by atoms with Gasteiger partial charge in [-0.05, 0) is 31.2 Å². The molecule has 0 saturated carbocycles. The Labute approximate surface area is 137 Å². The molecular weight excluding hydrogens is 316 g/mol. The summed E-state index contributed by atoms with van der Waals surface area (Å²) in [6.07, 6.45) is 0. The predicted molar refractivity (Wildman–Crippen MR) is 84.4 cm³/mol. The van der Waals surface area contributed by atoms with Crippen LogP contribution in [0.3, 0.4) is 0 Å². The molecule has 0 radical (unpaired) electrons. The van der Waals surface area contributed by atoms with Crippen molar-refractivity contribution in [1.82, 2.24) is 4.98 Å². The minimum atomic E-state index is -0.618. The monoisotopic (exact) mass is 326 g/mol. The van der Waals surface area contributed by atoms with E-state index in [4.69, 9.17) is 26.9 Å². The van der Waals surface area contributed by atoms with Crippen molar-refractivity contribution in [2.75, 3.05) is 11.9 Å². The maximum Gasteiger partial charge on any atom is 0.341 e. The molecule has 0 aliphatic carbocycles. The topological polar surface area (TPSA) is 98.8 Å². The zero-order chi connectivity index (χ0) is 16.8. The average Bonchev–Trinajstić information content (AvgIpc) is 2.55. The number of carbonyl (C=O) groups is 1. The molecule has 0 unspecified atom stereocenters. The van der Waals surface area contributed by atoms with E-state index < -0.39 is 5.97 Å². The SMILES string of the molecule is CCOC(=O)c1cc(C#N)c(Cl)nc1Nc1cccc(C#N)c1. The maximum absolute atomic E-state index is 12.1. The number of rotatable bonds is 4. The number of ether oxygens (including phenoxy) is 1. The van der Waals surface area contributed by atoms with Gasteiger partial charge in [-0.3, -0.25) is 0 Å². The van der Waals surface area contributed by atoms with Crippen molar-refractivity contribution >= 4 is 29.1 Å². The second kappa shape index (κ2) is 7.26. The van der Waals surface area contributed by atoms with Crippen LogP contribution >= 0.6 is 11.6 Å². The summed E-state index contributed by atoms with van der Waals surface area (Å²) in [5.41, 5.74) is 1.18. The van der Waals surface area contributed by atoms with Crippen molar-refractivity contribution in [3.05, 3.63) is 52.2 Å². The molecular formula is C16H11ClN4O2. The molecule has 0 atom stereocenters. The van der Waals surface area contributed by atoms with Crippen LogP contribution in [0.1, 0.15) is 28.4 Å². The Bertz CT molecular complexity index is 837. The average molecular weight is 327 g/mol. The van der Waals surface area contributed by atoms with Crippen molar-refractivity contribution < 1.29 is 9.53 Å². The van der Waals surface area contributed by atoms with E-state index in [1.54, 1.807) is 31.2 Å². The Morgan fingerprint density at radius 3 is 2.78 bits per heavy atom. The first-order valence-electron chi connectivity index (χ1n) is 6.64. The minimum absolute atomic E-state index is 0.0283. The Morgan fingerprint density at radius 2 is 2.13 bits per heavy atom. The van der Waals surface area contributed by atoms with Gasteiger partial charge in [0, 0.05) is 5.69 Å². The van der Waals surface area contributed by atoms with Gasteiger partial charge in [-0.25, -0.2) is 9.78 Å². The number of halogens is 1. The summed E-state index contributed by atoms with van der Waals surface area (Å²) in [5, 5.41) is 20.8. The van der Waals surface area contributed by atoms with Gasteiger partial charge in [0.2, 0.25) is 0 Å². The highest BCUT2D eigenvalue weighted by molar-refractivity contribution is 6.30. The molecule has 0 aliphatic rings. The zero-order valence-corrected chi connectivity index (χ0v) is 12.9. The lowest BCUT2D eigenvalue weighted by Gasteiger charge is -2.12. The van der Waals surface area contributed by atoms with Gasteiger partial charge in [-0.2, -0.15) is 10.5 Å². The smallest absolute Gasteiger partial charge is 0.341 e. The van der Waals surface area contributed by atoms with Crippen LogP contribution < -0.4 is 5.32 Å². The van der Waals surface area contributed by atoms with Crippen LogP contribution in [0.4, 0.5) is 11.5 Å². The van der Waals surface area contributed by atoms with Crippen LogP contribution in [0.25, 0.3) is 0 Å². The Kier molecular flexibility index (Phi) is 5.14. The number of nitrogens with one attached hydrogen (secondary N) is 1. The van der Waals surface area contributed by atoms with Crippen molar-refractivity contribution in [1.29, 1.82) is 10.5 Å². The van der Waals surface area contributed by atoms with Gasteiger partial charge in [0.25, 0.3) is 0 Å². The molecule has 0 spiro atoms.